The van der Waals surface area contributed by atoms with E-state index < -0.39 is 6.10 Å². The second-order valence-electron chi connectivity index (χ2n) is 6.50. The first-order valence-electron chi connectivity index (χ1n) is 8.36. The summed E-state index contributed by atoms with van der Waals surface area (Å²) in [5.41, 5.74) is 3.11. The Hall–Kier alpha value is -2.08. The smallest absolute Gasteiger partial charge is 0.201 e. The summed E-state index contributed by atoms with van der Waals surface area (Å²) in [6.45, 7) is 0.577. The third-order valence-corrected chi connectivity index (χ3v) is 4.32. The summed E-state index contributed by atoms with van der Waals surface area (Å²) in [6, 6.07) is 7.83. The molecule has 4 rings (SSSR count). The SMILES string of the molecule is O[C@H](CNc1nc2ccccc2[nH]1)CON=C(C1CC1)C1CC1. The van der Waals surface area contributed by atoms with Crippen molar-refractivity contribution in [2.45, 2.75) is 31.8 Å². The van der Waals surface area contributed by atoms with E-state index in [2.05, 4.69) is 20.4 Å². The molecule has 1 atom stereocenters. The number of fused-ring (bicyclic) bond motifs is 1. The summed E-state index contributed by atoms with van der Waals surface area (Å²) in [7, 11) is 0. The Morgan fingerprint density at radius 2 is 2.04 bits per heavy atom. The van der Waals surface area contributed by atoms with Gasteiger partial charge in [0.1, 0.15) is 12.7 Å². The van der Waals surface area contributed by atoms with Gasteiger partial charge in [-0.15, -0.1) is 0 Å². The fourth-order valence-electron chi connectivity index (χ4n) is 2.75. The predicted molar refractivity (Wildman–Crippen MR) is 89.4 cm³/mol. The maximum absolute atomic E-state index is 10.0. The lowest BCUT2D eigenvalue weighted by molar-refractivity contribution is 0.0461. The maximum atomic E-state index is 10.0. The van der Waals surface area contributed by atoms with Crippen molar-refractivity contribution >= 4 is 22.7 Å². The number of benzene rings is 1. The van der Waals surface area contributed by atoms with Gasteiger partial charge in [0.25, 0.3) is 0 Å². The number of H-pyrrole nitrogens is 1. The fraction of sp³-hybridized carbons (Fsp3) is 0.529. The van der Waals surface area contributed by atoms with E-state index in [1.54, 1.807) is 0 Å². The summed E-state index contributed by atoms with van der Waals surface area (Å²) < 4.78 is 0. The third kappa shape index (κ3) is 3.64. The van der Waals surface area contributed by atoms with Gasteiger partial charge in [-0.1, -0.05) is 17.3 Å². The van der Waals surface area contributed by atoms with Gasteiger partial charge < -0.3 is 20.2 Å². The van der Waals surface area contributed by atoms with Crippen LogP contribution in [-0.2, 0) is 4.84 Å². The Labute approximate surface area is 134 Å². The van der Waals surface area contributed by atoms with Crippen LogP contribution in [-0.4, -0.2) is 40.0 Å². The molecule has 1 aromatic carbocycles. The second kappa shape index (κ2) is 6.20. The number of aromatic nitrogens is 2. The molecule has 6 heteroatoms. The molecular weight excluding hydrogens is 292 g/mol. The van der Waals surface area contributed by atoms with Crippen molar-refractivity contribution in [3.8, 4) is 0 Å². The molecule has 2 aromatic rings. The Kier molecular flexibility index (Phi) is 3.91. The molecule has 0 radical (unpaired) electrons. The molecule has 0 bridgehead atoms. The first-order chi connectivity index (χ1) is 11.3. The molecule has 0 saturated heterocycles. The lowest BCUT2D eigenvalue weighted by Gasteiger charge is -2.10. The van der Waals surface area contributed by atoms with Gasteiger partial charge >= 0.3 is 0 Å². The number of hydrogen-bond acceptors (Lipinski definition) is 5. The highest BCUT2D eigenvalue weighted by Gasteiger charge is 2.38. The van der Waals surface area contributed by atoms with Crippen molar-refractivity contribution in [3.05, 3.63) is 24.3 Å². The van der Waals surface area contributed by atoms with Crippen LogP contribution in [0.5, 0.6) is 0 Å². The highest BCUT2D eigenvalue weighted by atomic mass is 16.6. The van der Waals surface area contributed by atoms with E-state index in [9.17, 15) is 5.11 Å². The molecule has 0 aliphatic heterocycles. The van der Waals surface area contributed by atoms with Crippen LogP contribution in [0.3, 0.4) is 0 Å². The molecular formula is C17H22N4O2. The first-order valence-corrected chi connectivity index (χ1v) is 8.36. The summed E-state index contributed by atoms with van der Waals surface area (Å²) in [5, 5.41) is 17.4. The maximum Gasteiger partial charge on any atom is 0.201 e. The van der Waals surface area contributed by atoms with Crippen LogP contribution in [0.15, 0.2) is 29.4 Å². The Morgan fingerprint density at radius 3 is 2.74 bits per heavy atom. The second-order valence-corrected chi connectivity index (χ2v) is 6.50. The first kappa shape index (κ1) is 14.5. The molecule has 3 N–H and O–H groups in total. The van der Waals surface area contributed by atoms with Gasteiger partial charge in [0.2, 0.25) is 5.95 Å². The van der Waals surface area contributed by atoms with E-state index >= 15 is 0 Å². The molecule has 2 aliphatic carbocycles. The van der Waals surface area contributed by atoms with Crippen molar-refractivity contribution in [1.82, 2.24) is 9.97 Å². The number of para-hydroxylation sites is 2. The molecule has 0 amide bonds. The van der Waals surface area contributed by atoms with E-state index in [1.807, 2.05) is 24.3 Å². The summed E-state index contributed by atoms with van der Waals surface area (Å²) in [5.74, 6) is 1.95. The third-order valence-electron chi connectivity index (χ3n) is 4.32. The number of aliphatic hydroxyl groups is 1. The number of anilines is 1. The van der Waals surface area contributed by atoms with Gasteiger partial charge in [0.05, 0.1) is 16.7 Å². The van der Waals surface area contributed by atoms with Crippen LogP contribution in [0.1, 0.15) is 25.7 Å². The number of aromatic amines is 1. The van der Waals surface area contributed by atoms with Crippen molar-refractivity contribution in [3.63, 3.8) is 0 Å². The summed E-state index contributed by atoms with van der Waals surface area (Å²) in [6.07, 6.45) is 4.36. The lowest BCUT2D eigenvalue weighted by Crippen LogP contribution is -2.24. The van der Waals surface area contributed by atoms with Crippen LogP contribution in [0.25, 0.3) is 11.0 Å². The molecule has 2 fully saturated rings. The molecule has 1 aromatic heterocycles. The van der Waals surface area contributed by atoms with E-state index in [-0.39, 0.29) is 6.61 Å². The van der Waals surface area contributed by atoms with Crippen LogP contribution >= 0.6 is 0 Å². The van der Waals surface area contributed by atoms with Gasteiger partial charge in [-0.3, -0.25) is 0 Å². The molecule has 23 heavy (non-hydrogen) atoms. The minimum Gasteiger partial charge on any atom is -0.393 e. The van der Waals surface area contributed by atoms with Gasteiger partial charge in [0, 0.05) is 18.4 Å². The van der Waals surface area contributed by atoms with Gasteiger partial charge in [-0.2, -0.15) is 0 Å². The summed E-state index contributed by atoms with van der Waals surface area (Å²) >= 11 is 0. The zero-order valence-electron chi connectivity index (χ0n) is 13.0. The van der Waals surface area contributed by atoms with Gasteiger partial charge in [0.15, 0.2) is 0 Å². The van der Waals surface area contributed by atoms with E-state index in [1.165, 1.54) is 31.4 Å². The fourth-order valence-corrected chi connectivity index (χ4v) is 2.75. The Morgan fingerprint density at radius 1 is 1.30 bits per heavy atom. The number of nitrogens with zero attached hydrogens (tertiary/aromatic N) is 2. The average molecular weight is 314 g/mol. The van der Waals surface area contributed by atoms with Crippen molar-refractivity contribution in [2.24, 2.45) is 17.0 Å². The van der Waals surface area contributed by atoms with Crippen molar-refractivity contribution in [1.29, 1.82) is 0 Å². The highest BCUT2D eigenvalue weighted by molar-refractivity contribution is 5.92. The quantitative estimate of drug-likeness (QED) is 0.516. The molecule has 2 saturated carbocycles. The lowest BCUT2D eigenvalue weighted by atomic mass is 10.2. The van der Waals surface area contributed by atoms with Crippen LogP contribution < -0.4 is 5.32 Å². The van der Waals surface area contributed by atoms with E-state index in [4.69, 9.17) is 4.84 Å². The van der Waals surface area contributed by atoms with Gasteiger partial charge in [-0.05, 0) is 37.8 Å². The largest absolute Gasteiger partial charge is 0.393 e. The molecule has 2 aliphatic rings. The monoisotopic (exact) mass is 314 g/mol. The number of imidazole rings is 1. The van der Waals surface area contributed by atoms with Crippen molar-refractivity contribution in [2.75, 3.05) is 18.5 Å². The number of hydrogen-bond donors (Lipinski definition) is 3. The number of rotatable bonds is 8. The average Bonchev–Trinajstić information content (AvgIpc) is 3.47. The van der Waals surface area contributed by atoms with Crippen LogP contribution in [0.4, 0.5) is 5.95 Å². The highest BCUT2D eigenvalue weighted by Crippen LogP contribution is 2.42. The molecule has 6 nitrogen and oxygen atoms in total. The molecule has 122 valence electrons. The number of nitrogens with one attached hydrogen (secondary N) is 2. The van der Waals surface area contributed by atoms with Crippen molar-refractivity contribution < 1.29 is 9.94 Å². The summed E-state index contributed by atoms with van der Waals surface area (Å²) in [4.78, 5) is 13.0. The topological polar surface area (TPSA) is 82.5 Å². The normalized spacial score (nSPS) is 18.7. The molecule has 0 spiro atoms. The molecule has 1 heterocycles. The minimum atomic E-state index is -0.619. The van der Waals surface area contributed by atoms with Gasteiger partial charge in [-0.25, -0.2) is 4.98 Å². The standard InChI is InChI=1S/C17H22N4O2/c22-13(10-23-21-16(11-5-6-11)12-7-8-12)9-18-17-19-14-3-1-2-4-15(14)20-17/h1-4,11-13,22H,5-10H2,(H2,18,19,20)/t13-/m1/s1. The Bertz CT molecular complexity index is 656. The van der Waals surface area contributed by atoms with E-state index in [0.717, 1.165) is 11.0 Å². The van der Waals surface area contributed by atoms with Crippen LogP contribution in [0, 0.1) is 11.8 Å². The Balaban J connectivity index is 1.25. The number of aliphatic hydroxyl groups excluding tert-OH is 1. The zero-order valence-corrected chi connectivity index (χ0v) is 13.0. The number of oxime groups is 1. The zero-order chi connectivity index (χ0) is 15.6. The minimum absolute atomic E-state index is 0.205. The molecule has 0 unspecified atom stereocenters. The predicted octanol–water partition coefficient (Wildman–Crippen LogP) is 2.53. The van der Waals surface area contributed by atoms with E-state index in [0.29, 0.717) is 24.3 Å². The van der Waals surface area contributed by atoms with Crippen LogP contribution in [0.2, 0.25) is 0 Å².